The molecule has 0 aromatic heterocycles. The first-order valence-corrected chi connectivity index (χ1v) is 6.56. The van der Waals surface area contributed by atoms with Crippen molar-refractivity contribution in [2.45, 2.75) is 38.3 Å². The molecule has 1 fully saturated rings. The largest absolute Gasteiger partial charge is 0.469 e. The van der Waals surface area contributed by atoms with E-state index in [0.717, 1.165) is 6.42 Å². The molecule has 1 aliphatic rings. The monoisotopic (exact) mass is 287 g/mol. The summed E-state index contributed by atoms with van der Waals surface area (Å²) in [5, 5.41) is 2.59. The standard InChI is InChI=1S/C13H21NO6/c1-8(7-10(15)18-2)11(13(17)19-3)14-12(16)9-5-4-6-20-9/h8-9,11H,4-7H2,1-3H3,(H,14,16)/t8-,9+,11+/m0/s1. The molecule has 7 nitrogen and oxygen atoms in total. The number of carbonyl (C=O) groups is 3. The number of rotatable bonds is 6. The Balaban J connectivity index is 2.65. The molecule has 0 aromatic carbocycles. The maximum Gasteiger partial charge on any atom is 0.328 e. The molecule has 1 rings (SSSR count). The Bertz CT molecular complexity index is 364. The second-order valence-corrected chi connectivity index (χ2v) is 4.77. The third-order valence-electron chi connectivity index (χ3n) is 3.26. The number of hydrogen-bond donors (Lipinski definition) is 1. The number of carbonyl (C=O) groups excluding carboxylic acids is 3. The summed E-state index contributed by atoms with van der Waals surface area (Å²) in [5.74, 6) is -1.82. The summed E-state index contributed by atoms with van der Waals surface area (Å²) in [4.78, 5) is 35.0. The molecule has 0 aromatic rings. The zero-order valence-electron chi connectivity index (χ0n) is 12.0. The van der Waals surface area contributed by atoms with Crippen molar-refractivity contribution >= 4 is 17.8 Å². The first-order chi connectivity index (χ1) is 9.49. The lowest BCUT2D eigenvalue weighted by atomic mass is 9.98. The quantitative estimate of drug-likeness (QED) is 0.693. The highest BCUT2D eigenvalue weighted by Gasteiger charge is 2.33. The van der Waals surface area contributed by atoms with Gasteiger partial charge in [0, 0.05) is 6.61 Å². The third kappa shape index (κ3) is 4.48. The summed E-state index contributed by atoms with van der Waals surface area (Å²) >= 11 is 0. The van der Waals surface area contributed by atoms with Crippen molar-refractivity contribution < 1.29 is 28.6 Å². The van der Waals surface area contributed by atoms with Crippen LogP contribution < -0.4 is 5.32 Å². The van der Waals surface area contributed by atoms with Crippen LogP contribution in [-0.2, 0) is 28.6 Å². The number of ether oxygens (including phenoxy) is 3. The smallest absolute Gasteiger partial charge is 0.328 e. The van der Waals surface area contributed by atoms with E-state index in [9.17, 15) is 14.4 Å². The number of amides is 1. The van der Waals surface area contributed by atoms with Gasteiger partial charge in [-0.3, -0.25) is 9.59 Å². The SMILES string of the molecule is COC(=O)C[C@H](C)[C@@H](NC(=O)[C@H]1CCCO1)C(=O)OC. The fourth-order valence-corrected chi connectivity index (χ4v) is 2.06. The first-order valence-electron chi connectivity index (χ1n) is 6.56. The Labute approximate surface area is 117 Å². The molecule has 114 valence electrons. The Morgan fingerprint density at radius 3 is 2.50 bits per heavy atom. The molecule has 0 unspecified atom stereocenters. The first kappa shape index (κ1) is 16.4. The molecular formula is C13H21NO6. The predicted molar refractivity (Wildman–Crippen MR) is 68.7 cm³/mol. The second kappa shape index (κ2) is 7.84. The van der Waals surface area contributed by atoms with Crippen molar-refractivity contribution in [2.24, 2.45) is 5.92 Å². The fourth-order valence-electron chi connectivity index (χ4n) is 2.06. The second-order valence-electron chi connectivity index (χ2n) is 4.77. The van der Waals surface area contributed by atoms with Gasteiger partial charge < -0.3 is 19.5 Å². The van der Waals surface area contributed by atoms with Gasteiger partial charge in [-0.2, -0.15) is 0 Å². The molecule has 1 amide bonds. The number of methoxy groups -OCH3 is 2. The molecule has 0 spiro atoms. The maximum atomic E-state index is 12.0. The van der Waals surface area contributed by atoms with Crippen LogP contribution in [-0.4, -0.2) is 50.8 Å². The van der Waals surface area contributed by atoms with Gasteiger partial charge in [0.25, 0.3) is 0 Å². The maximum absolute atomic E-state index is 12.0. The lowest BCUT2D eigenvalue weighted by molar-refractivity contribution is -0.149. The molecule has 1 aliphatic heterocycles. The van der Waals surface area contributed by atoms with Crippen molar-refractivity contribution in [3.63, 3.8) is 0 Å². The van der Waals surface area contributed by atoms with Crippen molar-refractivity contribution in [2.75, 3.05) is 20.8 Å². The summed E-state index contributed by atoms with van der Waals surface area (Å²) in [6.07, 6.45) is 0.929. The minimum atomic E-state index is -0.893. The average molecular weight is 287 g/mol. The molecule has 0 aliphatic carbocycles. The van der Waals surface area contributed by atoms with Crippen LogP contribution in [0.4, 0.5) is 0 Å². The topological polar surface area (TPSA) is 90.9 Å². The van der Waals surface area contributed by atoms with Gasteiger partial charge in [0.05, 0.1) is 20.6 Å². The van der Waals surface area contributed by atoms with Crippen LogP contribution in [0.1, 0.15) is 26.2 Å². The van der Waals surface area contributed by atoms with Crippen LogP contribution in [0.3, 0.4) is 0 Å². The fraction of sp³-hybridized carbons (Fsp3) is 0.769. The van der Waals surface area contributed by atoms with E-state index in [1.807, 2.05) is 0 Å². The van der Waals surface area contributed by atoms with E-state index >= 15 is 0 Å². The Kier molecular flexibility index (Phi) is 6.44. The molecule has 0 saturated carbocycles. The molecule has 0 radical (unpaired) electrons. The zero-order chi connectivity index (χ0) is 15.1. The van der Waals surface area contributed by atoms with Gasteiger partial charge >= 0.3 is 11.9 Å². The average Bonchev–Trinajstić information content (AvgIpc) is 2.97. The molecule has 1 N–H and O–H groups in total. The Morgan fingerprint density at radius 2 is 2.00 bits per heavy atom. The van der Waals surface area contributed by atoms with Crippen LogP contribution >= 0.6 is 0 Å². The summed E-state index contributed by atoms with van der Waals surface area (Å²) in [6, 6.07) is -0.893. The van der Waals surface area contributed by atoms with Crippen LogP contribution in [0, 0.1) is 5.92 Å². The Morgan fingerprint density at radius 1 is 1.30 bits per heavy atom. The molecule has 20 heavy (non-hydrogen) atoms. The van der Waals surface area contributed by atoms with Gasteiger partial charge in [0.15, 0.2) is 0 Å². The van der Waals surface area contributed by atoms with Crippen LogP contribution in [0.25, 0.3) is 0 Å². The summed E-state index contributed by atoms with van der Waals surface area (Å²) in [7, 11) is 2.51. The number of esters is 2. The summed E-state index contributed by atoms with van der Waals surface area (Å²) in [6.45, 7) is 2.22. The van der Waals surface area contributed by atoms with Crippen LogP contribution in [0.2, 0.25) is 0 Å². The van der Waals surface area contributed by atoms with E-state index in [1.165, 1.54) is 14.2 Å². The molecule has 1 saturated heterocycles. The van der Waals surface area contributed by atoms with E-state index in [4.69, 9.17) is 4.74 Å². The van der Waals surface area contributed by atoms with Crippen LogP contribution in [0.15, 0.2) is 0 Å². The predicted octanol–water partition coefficient (Wildman–Crippen LogP) is 0.0224. The highest BCUT2D eigenvalue weighted by Crippen LogP contribution is 2.15. The van der Waals surface area contributed by atoms with E-state index in [-0.39, 0.29) is 12.3 Å². The normalized spacial score (nSPS) is 20.9. The highest BCUT2D eigenvalue weighted by atomic mass is 16.5. The van der Waals surface area contributed by atoms with E-state index in [0.29, 0.717) is 13.0 Å². The van der Waals surface area contributed by atoms with Gasteiger partial charge in [-0.15, -0.1) is 0 Å². The van der Waals surface area contributed by atoms with Gasteiger partial charge in [-0.1, -0.05) is 6.92 Å². The lowest BCUT2D eigenvalue weighted by Gasteiger charge is -2.23. The van der Waals surface area contributed by atoms with Crippen molar-refractivity contribution in [3.05, 3.63) is 0 Å². The van der Waals surface area contributed by atoms with Gasteiger partial charge in [-0.25, -0.2) is 4.79 Å². The summed E-state index contributed by atoms with van der Waals surface area (Å²) < 4.78 is 14.5. The molecule has 3 atom stereocenters. The summed E-state index contributed by atoms with van der Waals surface area (Å²) in [5.41, 5.74) is 0. The van der Waals surface area contributed by atoms with Gasteiger partial charge in [0.1, 0.15) is 12.1 Å². The zero-order valence-corrected chi connectivity index (χ0v) is 12.0. The molecule has 0 bridgehead atoms. The van der Waals surface area contributed by atoms with Crippen LogP contribution in [0.5, 0.6) is 0 Å². The minimum Gasteiger partial charge on any atom is -0.469 e. The van der Waals surface area contributed by atoms with Gasteiger partial charge in [-0.05, 0) is 18.8 Å². The van der Waals surface area contributed by atoms with E-state index in [2.05, 4.69) is 14.8 Å². The van der Waals surface area contributed by atoms with E-state index < -0.39 is 30.0 Å². The molecular weight excluding hydrogens is 266 g/mol. The van der Waals surface area contributed by atoms with E-state index in [1.54, 1.807) is 6.92 Å². The van der Waals surface area contributed by atoms with Crippen molar-refractivity contribution in [1.29, 1.82) is 0 Å². The lowest BCUT2D eigenvalue weighted by Crippen LogP contribution is -2.49. The van der Waals surface area contributed by atoms with Gasteiger partial charge in [0.2, 0.25) is 5.91 Å². The minimum absolute atomic E-state index is 0.0159. The number of hydrogen-bond acceptors (Lipinski definition) is 6. The molecule has 7 heteroatoms. The van der Waals surface area contributed by atoms with Crippen molar-refractivity contribution in [3.8, 4) is 0 Å². The third-order valence-corrected chi connectivity index (χ3v) is 3.26. The van der Waals surface area contributed by atoms with Crippen molar-refractivity contribution in [1.82, 2.24) is 5.32 Å². The Hall–Kier alpha value is -1.63. The number of nitrogens with one attached hydrogen (secondary N) is 1. The highest BCUT2D eigenvalue weighted by molar-refractivity contribution is 5.87. The molecule has 1 heterocycles.